The molecule has 3 rings (SSSR count). The lowest BCUT2D eigenvalue weighted by Gasteiger charge is -2.15. The van der Waals surface area contributed by atoms with Crippen molar-refractivity contribution in [1.29, 1.82) is 0 Å². The second kappa shape index (κ2) is 11.5. The minimum Gasteiger partial charge on any atom is -0.491 e. The Bertz CT molecular complexity index is 999. The monoisotopic (exact) mass is 563 g/mol. The van der Waals surface area contributed by atoms with Gasteiger partial charge in [-0.25, -0.2) is 0 Å². The van der Waals surface area contributed by atoms with Gasteiger partial charge in [0.2, 0.25) is 0 Å². The number of aliphatic imine (C=N–C) groups is 1. The molecule has 6 nitrogen and oxygen atoms in total. The van der Waals surface area contributed by atoms with E-state index in [0.717, 1.165) is 43.8 Å². The molecule has 0 spiro atoms. The number of nitrogens with zero attached hydrogens (tertiary/aromatic N) is 3. The zero-order valence-corrected chi connectivity index (χ0v) is 20.4. The third-order valence-electron chi connectivity index (χ3n) is 3.93. The molecule has 0 aliphatic rings. The molecular formula is C19H21Br2Cl2N5O. The summed E-state index contributed by atoms with van der Waals surface area (Å²) in [6.45, 7) is 2.73. The Morgan fingerprint density at radius 2 is 1.79 bits per heavy atom. The molecule has 1 heterocycles. The van der Waals surface area contributed by atoms with E-state index < -0.39 is 0 Å². The lowest BCUT2D eigenvalue weighted by atomic mass is 10.0. The Labute approximate surface area is 198 Å². The number of benzene rings is 2. The molecule has 3 aromatic rings. The first-order valence-corrected chi connectivity index (χ1v) is 10.1. The summed E-state index contributed by atoms with van der Waals surface area (Å²) in [6, 6.07) is 11.8. The highest BCUT2D eigenvalue weighted by atomic mass is 79.9. The smallest absolute Gasteiger partial charge is 0.192 e. The van der Waals surface area contributed by atoms with Crippen molar-refractivity contribution in [2.45, 2.75) is 19.8 Å². The van der Waals surface area contributed by atoms with Crippen molar-refractivity contribution in [3.63, 3.8) is 0 Å². The molecule has 1 aromatic heterocycles. The van der Waals surface area contributed by atoms with Gasteiger partial charge in [0.1, 0.15) is 11.4 Å². The van der Waals surface area contributed by atoms with Gasteiger partial charge in [0, 0.05) is 16.3 Å². The number of guanidine groups is 1. The summed E-state index contributed by atoms with van der Waals surface area (Å²) in [5.41, 5.74) is 12.9. The van der Waals surface area contributed by atoms with E-state index in [0.29, 0.717) is 18.2 Å². The molecule has 0 saturated carbocycles. The minimum absolute atomic E-state index is 0. The summed E-state index contributed by atoms with van der Waals surface area (Å²) in [5.74, 6) is 0.945. The fourth-order valence-corrected chi connectivity index (χ4v) is 4.19. The zero-order chi connectivity index (χ0) is 19.4. The molecule has 10 heteroatoms. The average Bonchev–Trinajstić information content (AvgIpc) is 2.64. The highest BCUT2D eigenvalue weighted by Crippen LogP contribution is 2.45. The summed E-state index contributed by atoms with van der Waals surface area (Å²) in [6.07, 6.45) is 2.01. The van der Waals surface area contributed by atoms with Gasteiger partial charge in [-0.05, 0) is 44.3 Å². The Balaban J connectivity index is 0.00000210. The normalized spacial score (nSPS) is 10.0. The third-order valence-corrected chi connectivity index (χ3v) is 5.27. The van der Waals surface area contributed by atoms with Crippen LogP contribution in [-0.4, -0.2) is 22.8 Å². The number of hydrogen-bond acceptors (Lipinski definition) is 4. The van der Waals surface area contributed by atoms with Gasteiger partial charge < -0.3 is 16.2 Å². The number of unbranched alkanes of at least 4 members (excludes halogenated alkanes) is 1. The average molecular weight is 566 g/mol. The van der Waals surface area contributed by atoms with Crippen molar-refractivity contribution in [3.8, 4) is 17.0 Å². The Morgan fingerprint density at radius 1 is 1.10 bits per heavy atom. The molecule has 0 radical (unpaired) electrons. The van der Waals surface area contributed by atoms with E-state index in [1.54, 1.807) is 0 Å². The van der Waals surface area contributed by atoms with Crippen molar-refractivity contribution in [3.05, 3.63) is 45.3 Å². The van der Waals surface area contributed by atoms with Crippen molar-refractivity contribution >= 4 is 79.2 Å². The van der Waals surface area contributed by atoms with Gasteiger partial charge in [-0.15, -0.1) is 35.0 Å². The lowest BCUT2D eigenvalue weighted by Crippen LogP contribution is -2.22. The van der Waals surface area contributed by atoms with Gasteiger partial charge in [0.25, 0.3) is 0 Å². The van der Waals surface area contributed by atoms with Gasteiger partial charge in [0.15, 0.2) is 11.8 Å². The minimum atomic E-state index is -0.0821. The van der Waals surface area contributed by atoms with Gasteiger partial charge in [-0.2, -0.15) is 4.99 Å². The molecular weight excluding hydrogens is 545 g/mol. The first-order chi connectivity index (χ1) is 13.0. The SMILES string of the molecule is CCCCOc1c(Br)cc2c(-c3ccccc3)nnc(N=C(N)N)c2c1Br.Cl.Cl. The van der Waals surface area contributed by atoms with Crippen LogP contribution in [-0.2, 0) is 0 Å². The first kappa shape index (κ1) is 25.4. The van der Waals surface area contributed by atoms with Crippen LogP contribution in [0.5, 0.6) is 5.75 Å². The molecule has 156 valence electrons. The van der Waals surface area contributed by atoms with Crippen molar-refractivity contribution in [1.82, 2.24) is 10.2 Å². The topological polar surface area (TPSA) is 99.4 Å². The number of nitrogens with two attached hydrogens (primary N) is 2. The summed E-state index contributed by atoms with van der Waals surface area (Å²) < 4.78 is 7.52. The molecule has 0 saturated heterocycles. The Hall–Kier alpha value is -1.61. The second-order valence-electron chi connectivity index (χ2n) is 5.90. The van der Waals surface area contributed by atoms with Crippen LogP contribution in [0.2, 0.25) is 0 Å². The summed E-state index contributed by atoms with van der Waals surface area (Å²) in [4.78, 5) is 4.15. The van der Waals surface area contributed by atoms with E-state index in [4.69, 9.17) is 16.2 Å². The van der Waals surface area contributed by atoms with E-state index in [1.165, 1.54) is 0 Å². The summed E-state index contributed by atoms with van der Waals surface area (Å²) >= 11 is 7.27. The maximum absolute atomic E-state index is 5.97. The van der Waals surface area contributed by atoms with Crippen LogP contribution in [0.25, 0.3) is 22.0 Å². The second-order valence-corrected chi connectivity index (χ2v) is 7.55. The van der Waals surface area contributed by atoms with Crippen LogP contribution in [0.1, 0.15) is 19.8 Å². The van der Waals surface area contributed by atoms with Crippen LogP contribution in [0.15, 0.2) is 50.3 Å². The molecule has 0 bridgehead atoms. The molecule has 0 fully saturated rings. The van der Waals surface area contributed by atoms with Gasteiger partial charge in [0.05, 0.1) is 15.6 Å². The fraction of sp³-hybridized carbons (Fsp3) is 0.211. The number of ether oxygens (including phenoxy) is 1. The van der Waals surface area contributed by atoms with E-state index in [9.17, 15) is 0 Å². The zero-order valence-electron chi connectivity index (χ0n) is 15.6. The van der Waals surface area contributed by atoms with Crippen molar-refractivity contribution in [2.75, 3.05) is 6.61 Å². The predicted octanol–water partition coefficient (Wildman–Crippen LogP) is 5.75. The van der Waals surface area contributed by atoms with E-state index in [1.807, 2.05) is 36.4 Å². The Kier molecular flexibility index (Phi) is 10.1. The number of fused-ring (bicyclic) bond motifs is 1. The van der Waals surface area contributed by atoms with Crippen molar-refractivity contribution < 1.29 is 4.74 Å². The third kappa shape index (κ3) is 5.72. The maximum Gasteiger partial charge on any atom is 0.192 e. The van der Waals surface area contributed by atoms with E-state index in [2.05, 4.69) is 54.0 Å². The standard InChI is InChI=1S/C19H19Br2N5O.2ClH/c1-2-3-9-27-17-13(20)10-12-14(15(17)21)18(24-19(22)23)26-25-16(12)11-7-5-4-6-8-11;;/h4-8,10H,2-3,9H2,1H3,(H4,22,23,24,26);2*1H. The number of aromatic nitrogens is 2. The van der Waals surface area contributed by atoms with Crippen molar-refractivity contribution in [2.24, 2.45) is 16.5 Å². The van der Waals surface area contributed by atoms with E-state index in [-0.39, 0.29) is 30.8 Å². The fourth-order valence-electron chi connectivity index (χ4n) is 2.67. The van der Waals surface area contributed by atoms with Gasteiger partial charge in [-0.1, -0.05) is 43.7 Å². The van der Waals surface area contributed by atoms with Crippen LogP contribution in [0, 0.1) is 0 Å². The molecule has 0 amide bonds. The highest BCUT2D eigenvalue weighted by molar-refractivity contribution is 9.11. The van der Waals surface area contributed by atoms with Gasteiger partial charge in [-0.3, -0.25) is 0 Å². The number of halogens is 4. The molecule has 0 aliphatic carbocycles. The van der Waals surface area contributed by atoms with Crippen LogP contribution in [0.4, 0.5) is 5.82 Å². The number of rotatable bonds is 6. The highest BCUT2D eigenvalue weighted by Gasteiger charge is 2.19. The van der Waals surface area contributed by atoms with Crippen LogP contribution >= 0.6 is 56.7 Å². The van der Waals surface area contributed by atoms with Crippen LogP contribution in [0.3, 0.4) is 0 Å². The van der Waals surface area contributed by atoms with Gasteiger partial charge >= 0.3 is 0 Å². The maximum atomic E-state index is 5.97. The largest absolute Gasteiger partial charge is 0.491 e. The predicted molar refractivity (Wildman–Crippen MR) is 131 cm³/mol. The summed E-state index contributed by atoms with van der Waals surface area (Å²) in [5, 5.41) is 10.2. The Morgan fingerprint density at radius 3 is 2.41 bits per heavy atom. The van der Waals surface area contributed by atoms with E-state index >= 15 is 0 Å². The molecule has 0 aliphatic heterocycles. The molecule has 29 heavy (non-hydrogen) atoms. The molecule has 4 N–H and O–H groups in total. The first-order valence-electron chi connectivity index (χ1n) is 8.49. The quantitative estimate of drug-likeness (QED) is 0.225. The lowest BCUT2D eigenvalue weighted by molar-refractivity contribution is 0.306. The van der Waals surface area contributed by atoms with Crippen LogP contribution < -0.4 is 16.2 Å². The summed E-state index contributed by atoms with van der Waals surface area (Å²) in [7, 11) is 0. The molecule has 0 unspecified atom stereocenters. The molecule has 2 aromatic carbocycles. The number of hydrogen-bond donors (Lipinski definition) is 2. The molecule has 0 atom stereocenters.